The van der Waals surface area contributed by atoms with Crippen LogP contribution in [0.1, 0.15) is 23.7 Å². The number of hydrogen-bond acceptors (Lipinski definition) is 7. The van der Waals surface area contributed by atoms with Gasteiger partial charge < -0.3 is 9.64 Å². The summed E-state index contributed by atoms with van der Waals surface area (Å²) in [6.07, 6.45) is 3.72. The number of nitrogens with zero attached hydrogens (tertiary/aromatic N) is 6. The summed E-state index contributed by atoms with van der Waals surface area (Å²) in [6, 6.07) is 10.1. The molecule has 0 spiro atoms. The molecule has 5 rings (SSSR count). The largest absolute Gasteiger partial charge is 0.370 e. The molecule has 0 radical (unpaired) electrons. The summed E-state index contributed by atoms with van der Waals surface area (Å²) in [5.41, 5.74) is 4.57. The van der Waals surface area contributed by atoms with Crippen LogP contribution in [-0.4, -0.2) is 51.7 Å². The molecule has 1 aromatic carbocycles. The molecule has 30 heavy (non-hydrogen) atoms. The molecule has 2 atom stereocenters. The summed E-state index contributed by atoms with van der Waals surface area (Å²) < 4.78 is 6.27. The fraction of sp³-hybridized carbons (Fsp3) is 0.364. The number of benzene rings is 1. The van der Waals surface area contributed by atoms with Crippen LogP contribution in [-0.2, 0) is 17.8 Å². The Labute approximate surface area is 179 Å². The first-order chi connectivity index (χ1) is 14.6. The lowest BCUT2D eigenvalue weighted by Crippen LogP contribution is -2.50. The second kappa shape index (κ2) is 7.80. The predicted octanol–water partition coefficient (Wildman–Crippen LogP) is 3.16. The maximum atomic E-state index is 9.42. The highest BCUT2D eigenvalue weighted by Gasteiger charge is 2.30. The number of rotatable bonds is 3. The van der Waals surface area contributed by atoms with Crippen molar-refractivity contribution in [3.05, 3.63) is 58.8 Å². The van der Waals surface area contributed by atoms with Crippen molar-refractivity contribution < 1.29 is 4.74 Å². The third kappa shape index (κ3) is 3.58. The van der Waals surface area contributed by atoms with E-state index in [-0.39, 0.29) is 12.2 Å². The molecule has 2 aliphatic rings. The Balaban J connectivity index is 1.36. The first-order valence-electron chi connectivity index (χ1n) is 10.0. The molecule has 0 N–H and O–H groups in total. The van der Waals surface area contributed by atoms with Crippen molar-refractivity contribution in [3.63, 3.8) is 0 Å². The number of fused-ring (bicyclic) bond motifs is 2. The molecular weight excluding hydrogens is 400 g/mol. The van der Waals surface area contributed by atoms with Crippen LogP contribution >= 0.6 is 11.6 Å². The molecule has 4 heterocycles. The fourth-order valence-corrected chi connectivity index (χ4v) is 4.63. The summed E-state index contributed by atoms with van der Waals surface area (Å²) in [4.78, 5) is 17.6. The zero-order valence-corrected chi connectivity index (χ0v) is 17.4. The molecule has 0 aliphatic carbocycles. The van der Waals surface area contributed by atoms with E-state index in [0.29, 0.717) is 10.8 Å². The van der Waals surface area contributed by atoms with E-state index in [2.05, 4.69) is 37.7 Å². The third-order valence-corrected chi connectivity index (χ3v) is 5.87. The average Bonchev–Trinajstić information content (AvgIpc) is 3.13. The van der Waals surface area contributed by atoms with E-state index in [0.717, 1.165) is 60.6 Å². The Morgan fingerprint density at radius 2 is 2.13 bits per heavy atom. The molecule has 3 aromatic rings. The number of halogens is 1. The predicted molar refractivity (Wildman–Crippen MR) is 114 cm³/mol. The zero-order chi connectivity index (χ0) is 20.7. The van der Waals surface area contributed by atoms with Crippen molar-refractivity contribution in [2.75, 3.05) is 24.5 Å². The van der Waals surface area contributed by atoms with Crippen LogP contribution in [0.5, 0.6) is 0 Å². The minimum Gasteiger partial charge on any atom is -0.370 e. The van der Waals surface area contributed by atoms with Gasteiger partial charge in [0, 0.05) is 61.8 Å². The molecule has 0 saturated carbocycles. The molecule has 7 nitrogen and oxygen atoms in total. The average molecular weight is 421 g/mol. The van der Waals surface area contributed by atoms with Crippen molar-refractivity contribution in [1.29, 1.82) is 5.26 Å². The van der Waals surface area contributed by atoms with Gasteiger partial charge in [-0.1, -0.05) is 0 Å². The second-order valence-corrected chi connectivity index (χ2v) is 8.24. The van der Waals surface area contributed by atoms with Gasteiger partial charge in [-0.05, 0) is 42.8 Å². The summed E-state index contributed by atoms with van der Waals surface area (Å²) in [5.74, 6) is 0. The van der Waals surface area contributed by atoms with Crippen LogP contribution in [0.3, 0.4) is 0 Å². The lowest BCUT2D eigenvalue weighted by atomic mass is 10.1. The number of morpholine rings is 1. The normalized spacial score (nSPS) is 21.6. The molecule has 0 unspecified atom stereocenters. The number of aromatic nitrogens is 3. The van der Waals surface area contributed by atoms with Gasteiger partial charge in [0.05, 0.1) is 29.0 Å². The first-order valence-corrected chi connectivity index (χ1v) is 10.4. The molecule has 1 saturated heterocycles. The van der Waals surface area contributed by atoms with Crippen molar-refractivity contribution in [3.8, 4) is 6.07 Å². The minimum atomic E-state index is 0.0638. The van der Waals surface area contributed by atoms with Gasteiger partial charge in [0.15, 0.2) is 0 Å². The standard InChI is InChI=1S/C22H21ClN6O/c1-14-9-29(20-5-4-15(7-24)21-18(20)3-2-6-25-21)12-17(30-14)11-28-10-16-8-26-22(23)27-19(16)13-28/h2-6,8,14,17H,9-13H2,1H3/t14-,17+/m1/s1. The van der Waals surface area contributed by atoms with E-state index in [4.69, 9.17) is 16.3 Å². The third-order valence-electron chi connectivity index (χ3n) is 5.69. The SMILES string of the molecule is C[C@@H]1CN(c2ccc(C#N)c3ncccc23)C[C@H](CN2Cc3cnc(Cl)nc3C2)O1. The summed E-state index contributed by atoms with van der Waals surface area (Å²) in [7, 11) is 0. The highest BCUT2D eigenvalue weighted by Crippen LogP contribution is 2.31. The highest BCUT2D eigenvalue weighted by molar-refractivity contribution is 6.28. The van der Waals surface area contributed by atoms with Gasteiger partial charge in [-0.3, -0.25) is 9.88 Å². The van der Waals surface area contributed by atoms with Crippen molar-refractivity contribution >= 4 is 28.2 Å². The Morgan fingerprint density at radius 3 is 3.00 bits per heavy atom. The fourth-order valence-electron chi connectivity index (χ4n) is 4.48. The van der Waals surface area contributed by atoms with Gasteiger partial charge in [-0.25, -0.2) is 9.97 Å². The molecule has 2 aromatic heterocycles. The van der Waals surface area contributed by atoms with Crippen molar-refractivity contribution in [2.24, 2.45) is 0 Å². The Hall–Kier alpha value is -2.79. The zero-order valence-electron chi connectivity index (χ0n) is 16.6. The number of hydrogen-bond donors (Lipinski definition) is 0. The van der Waals surface area contributed by atoms with Gasteiger partial charge in [0.25, 0.3) is 0 Å². The number of anilines is 1. The summed E-state index contributed by atoms with van der Waals surface area (Å²) >= 11 is 5.94. The number of ether oxygens (including phenoxy) is 1. The maximum Gasteiger partial charge on any atom is 0.222 e. The minimum absolute atomic E-state index is 0.0638. The van der Waals surface area contributed by atoms with Crippen LogP contribution in [0.25, 0.3) is 10.9 Å². The van der Waals surface area contributed by atoms with Crippen molar-refractivity contribution in [1.82, 2.24) is 19.9 Å². The van der Waals surface area contributed by atoms with Crippen LogP contribution < -0.4 is 4.90 Å². The van der Waals surface area contributed by atoms with Gasteiger partial charge in [0.2, 0.25) is 5.28 Å². The highest BCUT2D eigenvalue weighted by atomic mass is 35.5. The summed E-state index contributed by atoms with van der Waals surface area (Å²) in [5, 5.41) is 10.7. The van der Waals surface area contributed by atoms with Gasteiger partial charge >= 0.3 is 0 Å². The van der Waals surface area contributed by atoms with E-state index in [1.165, 1.54) is 0 Å². The smallest absolute Gasteiger partial charge is 0.222 e. The Kier molecular flexibility index (Phi) is 4.99. The molecule has 2 aliphatic heterocycles. The van der Waals surface area contributed by atoms with Crippen LogP contribution in [0, 0.1) is 11.3 Å². The lowest BCUT2D eigenvalue weighted by molar-refractivity contribution is -0.0329. The van der Waals surface area contributed by atoms with Gasteiger partial charge in [0.1, 0.15) is 6.07 Å². The second-order valence-electron chi connectivity index (χ2n) is 7.90. The molecule has 1 fully saturated rings. The molecule has 0 amide bonds. The quantitative estimate of drug-likeness (QED) is 0.602. The number of nitriles is 1. The molecule has 152 valence electrons. The topological polar surface area (TPSA) is 78.2 Å². The summed E-state index contributed by atoms with van der Waals surface area (Å²) in [6.45, 7) is 6.06. The molecule has 8 heteroatoms. The van der Waals surface area contributed by atoms with E-state index in [1.807, 2.05) is 30.5 Å². The van der Waals surface area contributed by atoms with Gasteiger partial charge in [-0.2, -0.15) is 5.26 Å². The van der Waals surface area contributed by atoms with E-state index >= 15 is 0 Å². The molecular formula is C22H21ClN6O. The van der Waals surface area contributed by atoms with Crippen LogP contribution in [0.15, 0.2) is 36.7 Å². The van der Waals surface area contributed by atoms with E-state index in [1.54, 1.807) is 6.20 Å². The van der Waals surface area contributed by atoms with Gasteiger partial charge in [-0.15, -0.1) is 0 Å². The molecule has 0 bridgehead atoms. The Bertz CT molecular complexity index is 1150. The van der Waals surface area contributed by atoms with E-state index < -0.39 is 0 Å². The van der Waals surface area contributed by atoms with Crippen LogP contribution in [0.4, 0.5) is 5.69 Å². The van der Waals surface area contributed by atoms with Crippen LogP contribution in [0.2, 0.25) is 5.28 Å². The number of pyridine rings is 1. The van der Waals surface area contributed by atoms with E-state index in [9.17, 15) is 5.26 Å². The lowest BCUT2D eigenvalue weighted by Gasteiger charge is -2.40. The monoisotopic (exact) mass is 420 g/mol. The Morgan fingerprint density at radius 1 is 1.23 bits per heavy atom. The first kappa shape index (κ1) is 19.2. The van der Waals surface area contributed by atoms with Crippen molar-refractivity contribution in [2.45, 2.75) is 32.2 Å². The maximum absolute atomic E-state index is 9.42.